The highest BCUT2D eigenvalue weighted by Gasteiger charge is 2.50. The summed E-state index contributed by atoms with van der Waals surface area (Å²) in [4.78, 5) is 20.4. The molecule has 4 nitrogen and oxygen atoms in total. The van der Waals surface area contributed by atoms with Gasteiger partial charge >= 0.3 is 30.5 Å². The van der Waals surface area contributed by atoms with Gasteiger partial charge in [0.15, 0.2) is 0 Å². The Labute approximate surface area is 121 Å². The number of hydrogen-bond donors (Lipinski definition) is 0. The van der Waals surface area contributed by atoms with Gasteiger partial charge < -0.3 is 9.47 Å². The van der Waals surface area contributed by atoms with Gasteiger partial charge in [-0.3, -0.25) is 4.79 Å². The summed E-state index contributed by atoms with van der Waals surface area (Å²) in [6, 6.07) is 0. The van der Waals surface area contributed by atoms with E-state index in [2.05, 4.69) is 9.47 Å². The number of carbonyl (C=O) groups is 2. The predicted molar refractivity (Wildman–Crippen MR) is 59.4 cm³/mol. The van der Waals surface area contributed by atoms with Crippen LogP contribution in [0, 0.1) is 5.92 Å². The summed E-state index contributed by atoms with van der Waals surface area (Å²) in [6.07, 6.45) is -8.93. The van der Waals surface area contributed by atoms with Gasteiger partial charge in [0.2, 0.25) is 0 Å². The number of hydrogen-bond acceptors (Lipinski definition) is 4. The molecule has 0 saturated heterocycles. The molecule has 1 atom stereocenters. The minimum absolute atomic E-state index is 0.114. The maximum Gasteiger partial charge on any atom is 0.401 e. The van der Waals surface area contributed by atoms with E-state index < -0.39 is 42.8 Å². The lowest BCUT2D eigenvalue weighted by atomic mass is 10.1. The second kappa shape index (κ2) is 9.46. The number of ether oxygens (including phenoxy) is 2. The molecule has 0 bridgehead atoms. The molecule has 0 heterocycles. The zero-order valence-corrected chi connectivity index (χ0v) is 11.8. The number of halogens is 7. The van der Waals surface area contributed by atoms with E-state index in [0.717, 1.165) is 6.92 Å². The van der Waals surface area contributed by atoms with Crippen molar-refractivity contribution in [1.82, 2.24) is 0 Å². The third kappa shape index (κ3) is 8.67. The molecule has 0 aliphatic rings. The van der Waals surface area contributed by atoms with Crippen LogP contribution < -0.4 is 0 Å². The lowest BCUT2D eigenvalue weighted by Gasteiger charge is -2.13. The smallest absolute Gasteiger partial charge is 0.401 e. The third-order valence-corrected chi connectivity index (χ3v) is 2.07. The zero-order chi connectivity index (χ0) is 18.1. The summed E-state index contributed by atoms with van der Waals surface area (Å²) in [5.74, 6) is -9.34. The van der Waals surface area contributed by atoms with E-state index in [1.807, 2.05) is 0 Å². The molecule has 0 saturated carbocycles. The molecule has 11 heteroatoms. The van der Waals surface area contributed by atoms with Crippen molar-refractivity contribution in [2.45, 2.75) is 38.8 Å². The molecule has 0 aliphatic heterocycles. The van der Waals surface area contributed by atoms with Crippen molar-refractivity contribution in [2.75, 3.05) is 13.7 Å². The highest BCUT2D eigenvalue weighted by molar-refractivity contribution is 5.77. The zero-order valence-electron chi connectivity index (χ0n) is 11.8. The number of alkyl halides is 7. The SMILES string of the molecule is CCOC(=O)CC(C)C(F)(F)F.COC(=O)C(F)(F)C(F)F. The van der Waals surface area contributed by atoms with E-state index in [-0.39, 0.29) is 6.61 Å². The molecular weight excluding hydrogens is 329 g/mol. The molecular formula is C11H15F7O4. The summed E-state index contributed by atoms with van der Waals surface area (Å²) >= 11 is 0. The Morgan fingerprint density at radius 1 is 1.09 bits per heavy atom. The first-order valence-corrected chi connectivity index (χ1v) is 5.77. The van der Waals surface area contributed by atoms with Crippen molar-refractivity contribution in [1.29, 1.82) is 0 Å². The van der Waals surface area contributed by atoms with Crippen LogP contribution in [0.2, 0.25) is 0 Å². The molecule has 0 radical (unpaired) electrons. The fourth-order valence-corrected chi connectivity index (χ4v) is 0.811. The van der Waals surface area contributed by atoms with Crippen molar-refractivity contribution in [2.24, 2.45) is 5.92 Å². The maximum absolute atomic E-state index is 11.8. The highest BCUT2D eigenvalue weighted by Crippen LogP contribution is 2.28. The van der Waals surface area contributed by atoms with Crippen LogP contribution in [0.4, 0.5) is 30.7 Å². The van der Waals surface area contributed by atoms with E-state index in [9.17, 15) is 40.3 Å². The number of esters is 2. The van der Waals surface area contributed by atoms with Crippen molar-refractivity contribution in [3.05, 3.63) is 0 Å². The van der Waals surface area contributed by atoms with Gasteiger partial charge in [-0.2, -0.15) is 22.0 Å². The standard InChI is InChI=1S/C7H11F3O2.C4H4F4O2/c1-3-12-6(11)4-5(2)7(8,9)10;1-10-3(9)4(7,8)2(5)6/h5H,3-4H2,1-2H3;2H,1H3. The average Bonchev–Trinajstić information content (AvgIpc) is 2.37. The summed E-state index contributed by atoms with van der Waals surface area (Å²) in [5, 5.41) is 0. The van der Waals surface area contributed by atoms with Crippen molar-refractivity contribution < 1.29 is 49.8 Å². The first kappa shape index (κ1) is 22.7. The second-order valence-corrected chi connectivity index (χ2v) is 3.87. The molecule has 1 unspecified atom stereocenters. The third-order valence-electron chi connectivity index (χ3n) is 2.07. The lowest BCUT2D eigenvalue weighted by Crippen LogP contribution is -2.37. The molecule has 0 fully saturated rings. The Kier molecular flexibility index (Phi) is 9.78. The minimum Gasteiger partial charge on any atom is -0.466 e. The Morgan fingerprint density at radius 2 is 1.55 bits per heavy atom. The van der Waals surface area contributed by atoms with E-state index in [0.29, 0.717) is 7.11 Å². The number of carbonyl (C=O) groups excluding carboxylic acids is 2. The monoisotopic (exact) mass is 344 g/mol. The predicted octanol–water partition coefficient (Wildman–Crippen LogP) is 3.20. The topological polar surface area (TPSA) is 52.6 Å². The molecule has 0 aromatic carbocycles. The summed E-state index contributed by atoms with van der Waals surface area (Å²) in [6.45, 7) is 2.62. The van der Waals surface area contributed by atoms with Crippen molar-refractivity contribution in [3.63, 3.8) is 0 Å². The summed E-state index contributed by atoms with van der Waals surface area (Å²) in [7, 11) is 0.610. The van der Waals surface area contributed by atoms with E-state index >= 15 is 0 Å². The molecule has 0 aromatic rings. The highest BCUT2D eigenvalue weighted by atomic mass is 19.4. The average molecular weight is 344 g/mol. The second-order valence-electron chi connectivity index (χ2n) is 3.87. The van der Waals surface area contributed by atoms with Crippen LogP contribution in [0.3, 0.4) is 0 Å². The molecule has 22 heavy (non-hydrogen) atoms. The van der Waals surface area contributed by atoms with E-state index in [4.69, 9.17) is 0 Å². The first-order chi connectivity index (χ1) is 9.80. The number of methoxy groups -OCH3 is 1. The van der Waals surface area contributed by atoms with Gasteiger partial charge in [0.1, 0.15) is 0 Å². The lowest BCUT2D eigenvalue weighted by molar-refractivity contribution is -0.191. The van der Waals surface area contributed by atoms with Crippen LogP contribution >= 0.6 is 0 Å². The quantitative estimate of drug-likeness (QED) is 0.568. The van der Waals surface area contributed by atoms with Gasteiger partial charge in [0, 0.05) is 0 Å². The van der Waals surface area contributed by atoms with Crippen LogP contribution in [0.1, 0.15) is 20.3 Å². The Balaban J connectivity index is 0. The Bertz CT molecular complexity index is 355. The van der Waals surface area contributed by atoms with Gasteiger partial charge in [-0.15, -0.1) is 0 Å². The summed E-state index contributed by atoms with van der Waals surface area (Å²) in [5.41, 5.74) is 0. The van der Waals surface area contributed by atoms with Crippen LogP contribution in [0.5, 0.6) is 0 Å². The van der Waals surface area contributed by atoms with E-state index in [1.54, 1.807) is 6.92 Å². The molecule has 0 rings (SSSR count). The largest absolute Gasteiger partial charge is 0.466 e. The normalized spacial score (nSPS) is 13.0. The molecule has 0 spiro atoms. The molecule has 132 valence electrons. The maximum atomic E-state index is 11.8. The summed E-state index contributed by atoms with van der Waals surface area (Å²) < 4.78 is 89.1. The van der Waals surface area contributed by atoms with Gasteiger partial charge in [-0.25, -0.2) is 13.6 Å². The van der Waals surface area contributed by atoms with Gasteiger partial charge in [-0.1, -0.05) is 6.92 Å². The Morgan fingerprint density at radius 3 is 1.77 bits per heavy atom. The van der Waals surface area contributed by atoms with Crippen LogP contribution in [-0.4, -0.2) is 44.2 Å². The van der Waals surface area contributed by atoms with E-state index in [1.165, 1.54) is 0 Å². The molecule has 0 amide bonds. The first-order valence-electron chi connectivity index (χ1n) is 5.77. The minimum atomic E-state index is -4.69. The van der Waals surface area contributed by atoms with Crippen LogP contribution in [0.15, 0.2) is 0 Å². The van der Waals surface area contributed by atoms with Gasteiger partial charge in [-0.05, 0) is 6.92 Å². The van der Waals surface area contributed by atoms with Crippen LogP contribution in [-0.2, 0) is 19.1 Å². The van der Waals surface area contributed by atoms with Crippen LogP contribution in [0.25, 0.3) is 0 Å². The van der Waals surface area contributed by atoms with Gasteiger partial charge in [0.25, 0.3) is 0 Å². The van der Waals surface area contributed by atoms with Gasteiger partial charge in [0.05, 0.1) is 26.1 Å². The number of rotatable bonds is 5. The molecule has 0 aliphatic carbocycles. The Hall–Kier alpha value is -1.55. The fourth-order valence-electron chi connectivity index (χ4n) is 0.811. The molecule has 0 aromatic heterocycles. The van der Waals surface area contributed by atoms with Crippen molar-refractivity contribution >= 4 is 11.9 Å². The van der Waals surface area contributed by atoms with Crippen molar-refractivity contribution in [3.8, 4) is 0 Å². The molecule has 0 N–H and O–H groups in total. The fraction of sp³-hybridized carbons (Fsp3) is 0.818.